The van der Waals surface area contributed by atoms with Gasteiger partial charge in [0.05, 0.1) is 5.56 Å². The molecule has 0 bridgehead atoms. The molecule has 1 N–H and O–H groups in total. The third-order valence-electron chi connectivity index (χ3n) is 2.51. The standard InChI is InChI=1S/C12H16N2OS/c1-4-5-6-11(15)14-12-10(7-13)8(2)9(3)16-12/h4-6H2,1-3H3,(H,14,15). The van der Waals surface area contributed by atoms with Crippen molar-refractivity contribution in [1.82, 2.24) is 0 Å². The van der Waals surface area contributed by atoms with Crippen LogP contribution in [-0.4, -0.2) is 5.91 Å². The minimum atomic E-state index is -0.000370. The Balaban J connectivity index is 2.78. The van der Waals surface area contributed by atoms with Crippen molar-refractivity contribution in [3.8, 4) is 6.07 Å². The fourth-order valence-electron chi connectivity index (χ4n) is 1.38. The molecule has 0 aromatic carbocycles. The first kappa shape index (κ1) is 12.7. The summed E-state index contributed by atoms with van der Waals surface area (Å²) in [5, 5.41) is 12.5. The van der Waals surface area contributed by atoms with Gasteiger partial charge in [0.25, 0.3) is 0 Å². The van der Waals surface area contributed by atoms with Gasteiger partial charge in [0.1, 0.15) is 11.1 Å². The number of rotatable bonds is 4. The van der Waals surface area contributed by atoms with E-state index in [4.69, 9.17) is 5.26 Å². The van der Waals surface area contributed by atoms with E-state index < -0.39 is 0 Å². The van der Waals surface area contributed by atoms with Crippen molar-refractivity contribution >= 4 is 22.2 Å². The van der Waals surface area contributed by atoms with E-state index in [0.29, 0.717) is 17.0 Å². The number of hydrogen-bond donors (Lipinski definition) is 1. The number of anilines is 1. The van der Waals surface area contributed by atoms with Crippen molar-refractivity contribution in [2.45, 2.75) is 40.0 Å². The number of nitriles is 1. The topological polar surface area (TPSA) is 52.9 Å². The Hall–Kier alpha value is -1.34. The molecular weight excluding hydrogens is 220 g/mol. The van der Waals surface area contributed by atoms with Gasteiger partial charge in [-0.05, 0) is 25.8 Å². The minimum absolute atomic E-state index is 0.000370. The van der Waals surface area contributed by atoms with E-state index in [-0.39, 0.29) is 5.91 Å². The molecule has 1 aromatic rings. The van der Waals surface area contributed by atoms with E-state index in [0.717, 1.165) is 23.3 Å². The van der Waals surface area contributed by atoms with E-state index >= 15 is 0 Å². The van der Waals surface area contributed by atoms with Gasteiger partial charge in [-0.1, -0.05) is 13.3 Å². The molecule has 1 amide bonds. The van der Waals surface area contributed by atoms with Crippen LogP contribution >= 0.6 is 11.3 Å². The number of nitrogens with one attached hydrogen (secondary N) is 1. The molecule has 3 nitrogen and oxygen atoms in total. The summed E-state index contributed by atoms with van der Waals surface area (Å²) in [5.41, 5.74) is 1.57. The Labute approximate surface area is 100 Å². The smallest absolute Gasteiger partial charge is 0.225 e. The average Bonchev–Trinajstić information content (AvgIpc) is 2.51. The highest BCUT2D eigenvalue weighted by molar-refractivity contribution is 7.16. The predicted octanol–water partition coefficient (Wildman–Crippen LogP) is 3.37. The van der Waals surface area contributed by atoms with Crippen LogP contribution in [0.4, 0.5) is 5.00 Å². The number of carbonyl (C=O) groups excluding carboxylic acids is 1. The largest absolute Gasteiger partial charge is 0.317 e. The quantitative estimate of drug-likeness (QED) is 0.871. The van der Waals surface area contributed by atoms with Gasteiger partial charge in [0.2, 0.25) is 5.91 Å². The first-order valence-corrected chi connectivity index (χ1v) is 6.21. The molecule has 0 aliphatic heterocycles. The lowest BCUT2D eigenvalue weighted by atomic mass is 10.2. The number of unbranched alkanes of at least 4 members (excludes halogenated alkanes) is 1. The molecule has 0 radical (unpaired) electrons. The molecule has 0 aliphatic carbocycles. The van der Waals surface area contributed by atoms with E-state index in [1.807, 2.05) is 20.8 Å². The average molecular weight is 236 g/mol. The van der Waals surface area contributed by atoms with Crippen LogP contribution < -0.4 is 5.32 Å². The molecule has 4 heteroatoms. The van der Waals surface area contributed by atoms with Gasteiger partial charge in [0.15, 0.2) is 0 Å². The molecule has 1 aromatic heterocycles. The number of aryl methyl sites for hydroxylation is 1. The number of thiophene rings is 1. The van der Waals surface area contributed by atoms with Crippen LogP contribution in [0.2, 0.25) is 0 Å². The van der Waals surface area contributed by atoms with Crippen molar-refractivity contribution in [3.63, 3.8) is 0 Å². The van der Waals surface area contributed by atoms with Gasteiger partial charge < -0.3 is 5.32 Å². The third-order valence-corrected chi connectivity index (χ3v) is 3.63. The fourth-order valence-corrected chi connectivity index (χ4v) is 2.40. The van der Waals surface area contributed by atoms with Crippen molar-refractivity contribution in [1.29, 1.82) is 5.26 Å². The first-order chi connectivity index (χ1) is 7.60. The zero-order valence-electron chi connectivity index (χ0n) is 9.89. The minimum Gasteiger partial charge on any atom is -0.317 e. The van der Waals surface area contributed by atoms with E-state index in [1.165, 1.54) is 11.3 Å². The number of nitrogens with zero attached hydrogens (tertiary/aromatic N) is 1. The van der Waals surface area contributed by atoms with Crippen molar-refractivity contribution < 1.29 is 4.79 Å². The van der Waals surface area contributed by atoms with Crippen LogP contribution in [-0.2, 0) is 4.79 Å². The SMILES string of the molecule is CCCCC(=O)Nc1sc(C)c(C)c1C#N. The second kappa shape index (κ2) is 5.66. The second-order valence-electron chi connectivity index (χ2n) is 3.75. The van der Waals surface area contributed by atoms with Gasteiger partial charge in [-0.25, -0.2) is 0 Å². The molecular formula is C12H16N2OS. The predicted molar refractivity (Wildman–Crippen MR) is 66.7 cm³/mol. The van der Waals surface area contributed by atoms with Crippen LogP contribution in [0.25, 0.3) is 0 Å². The molecule has 0 aliphatic rings. The molecule has 0 spiro atoms. The van der Waals surface area contributed by atoms with Crippen molar-refractivity contribution in [3.05, 3.63) is 16.0 Å². The number of amides is 1. The summed E-state index contributed by atoms with van der Waals surface area (Å²) in [6, 6.07) is 2.14. The highest BCUT2D eigenvalue weighted by atomic mass is 32.1. The van der Waals surface area contributed by atoms with Crippen LogP contribution in [0.1, 0.15) is 42.2 Å². The third kappa shape index (κ3) is 2.83. The fraction of sp³-hybridized carbons (Fsp3) is 0.500. The van der Waals surface area contributed by atoms with Crippen molar-refractivity contribution in [2.24, 2.45) is 0 Å². The Morgan fingerprint density at radius 1 is 1.50 bits per heavy atom. The summed E-state index contributed by atoms with van der Waals surface area (Å²) in [7, 11) is 0. The molecule has 0 saturated heterocycles. The molecule has 16 heavy (non-hydrogen) atoms. The van der Waals surface area contributed by atoms with E-state index in [2.05, 4.69) is 11.4 Å². The molecule has 0 fully saturated rings. The van der Waals surface area contributed by atoms with Gasteiger partial charge in [-0.2, -0.15) is 5.26 Å². The summed E-state index contributed by atoms with van der Waals surface area (Å²) in [6.45, 7) is 5.92. The number of hydrogen-bond acceptors (Lipinski definition) is 3. The zero-order valence-corrected chi connectivity index (χ0v) is 10.7. The zero-order chi connectivity index (χ0) is 12.1. The molecule has 0 saturated carbocycles. The second-order valence-corrected chi connectivity index (χ2v) is 4.98. The highest BCUT2D eigenvalue weighted by Crippen LogP contribution is 2.31. The Morgan fingerprint density at radius 2 is 2.19 bits per heavy atom. The lowest BCUT2D eigenvalue weighted by molar-refractivity contribution is -0.116. The lowest BCUT2D eigenvalue weighted by Crippen LogP contribution is -2.10. The molecule has 86 valence electrons. The van der Waals surface area contributed by atoms with Crippen LogP contribution in [0.15, 0.2) is 0 Å². The van der Waals surface area contributed by atoms with Gasteiger partial charge in [-0.3, -0.25) is 4.79 Å². The summed E-state index contributed by atoms with van der Waals surface area (Å²) >= 11 is 1.47. The Bertz CT molecular complexity index is 429. The molecule has 0 unspecified atom stereocenters. The first-order valence-electron chi connectivity index (χ1n) is 5.40. The summed E-state index contributed by atoms with van der Waals surface area (Å²) in [4.78, 5) is 12.6. The van der Waals surface area contributed by atoms with E-state index in [1.54, 1.807) is 0 Å². The molecule has 1 heterocycles. The molecule has 0 atom stereocenters. The normalized spacial score (nSPS) is 9.88. The van der Waals surface area contributed by atoms with Crippen LogP contribution in [0.5, 0.6) is 0 Å². The van der Waals surface area contributed by atoms with E-state index in [9.17, 15) is 4.79 Å². The van der Waals surface area contributed by atoms with Crippen LogP contribution in [0, 0.1) is 25.2 Å². The molecule has 1 rings (SSSR count). The van der Waals surface area contributed by atoms with Crippen molar-refractivity contribution in [2.75, 3.05) is 5.32 Å². The van der Waals surface area contributed by atoms with Gasteiger partial charge in [-0.15, -0.1) is 11.3 Å². The summed E-state index contributed by atoms with van der Waals surface area (Å²) in [6.07, 6.45) is 2.41. The van der Waals surface area contributed by atoms with Gasteiger partial charge >= 0.3 is 0 Å². The Morgan fingerprint density at radius 3 is 2.75 bits per heavy atom. The van der Waals surface area contributed by atoms with Crippen LogP contribution in [0.3, 0.4) is 0 Å². The lowest BCUT2D eigenvalue weighted by Gasteiger charge is -2.01. The van der Waals surface area contributed by atoms with Gasteiger partial charge in [0, 0.05) is 11.3 Å². The monoisotopic (exact) mass is 236 g/mol. The maximum absolute atomic E-state index is 11.5. The number of carbonyl (C=O) groups is 1. The maximum atomic E-state index is 11.5. The Kier molecular flexibility index (Phi) is 4.51. The summed E-state index contributed by atoms with van der Waals surface area (Å²) < 4.78 is 0. The summed E-state index contributed by atoms with van der Waals surface area (Å²) in [5.74, 6) is -0.000370. The highest BCUT2D eigenvalue weighted by Gasteiger charge is 2.13. The maximum Gasteiger partial charge on any atom is 0.225 e.